The zero-order valence-electron chi connectivity index (χ0n) is 9.37. The van der Waals surface area contributed by atoms with Crippen LogP contribution in [0.5, 0.6) is 0 Å². The van der Waals surface area contributed by atoms with Crippen LogP contribution in [0.25, 0.3) is 11.3 Å². The molecule has 0 aliphatic rings. The lowest BCUT2D eigenvalue weighted by molar-refractivity contribution is 0.374. The Labute approximate surface area is 109 Å². The highest BCUT2D eigenvalue weighted by Gasteiger charge is 2.21. The predicted molar refractivity (Wildman–Crippen MR) is 68.3 cm³/mol. The SMILES string of the molecule is CC(C)c1onc(-c2c(Cl)cncc2Cl)c1N. The van der Waals surface area contributed by atoms with Crippen LogP contribution in [-0.2, 0) is 0 Å². The Kier molecular flexibility index (Phi) is 3.26. The molecule has 2 aromatic heterocycles. The molecule has 2 N–H and O–H groups in total. The zero-order chi connectivity index (χ0) is 12.6. The van der Waals surface area contributed by atoms with E-state index in [4.69, 9.17) is 33.5 Å². The summed E-state index contributed by atoms with van der Waals surface area (Å²) in [5.41, 5.74) is 7.46. The number of anilines is 1. The maximum Gasteiger partial charge on any atom is 0.162 e. The molecule has 0 aromatic carbocycles. The van der Waals surface area contributed by atoms with E-state index in [1.165, 1.54) is 12.4 Å². The van der Waals surface area contributed by atoms with Crippen molar-refractivity contribution in [2.45, 2.75) is 19.8 Å². The maximum atomic E-state index is 6.04. The molecule has 0 amide bonds. The van der Waals surface area contributed by atoms with Gasteiger partial charge in [0.1, 0.15) is 11.4 Å². The van der Waals surface area contributed by atoms with Crippen molar-refractivity contribution in [1.29, 1.82) is 0 Å². The van der Waals surface area contributed by atoms with Crippen LogP contribution in [0.15, 0.2) is 16.9 Å². The highest BCUT2D eigenvalue weighted by atomic mass is 35.5. The first-order valence-electron chi connectivity index (χ1n) is 5.06. The van der Waals surface area contributed by atoms with Gasteiger partial charge < -0.3 is 10.3 Å². The van der Waals surface area contributed by atoms with Crippen LogP contribution in [0.4, 0.5) is 5.69 Å². The molecular weight excluding hydrogens is 261 g/mol. The largest absolute Gasteiger partial charge is 0.394 e. The molecule has 4 nitrogen and oxygen atoms in total. The average molecular weight is 272 g/mol. The molecule has 0 spiro atoms. The maximum absolute atomic E-state index is 6.04. The minimum Gasteiger partial charge on any atom is -0.394 e. The topological polar surface area (TPSA) is 64.9 Å². The fourth-order valence-electron chi connectivity index (χ4n) is 1.54. The van der Waals surface area contributed by atoms with E-state index >= 15 is 0 Å². The summed E-state index contributed by atoms with van der Waals surface area (Å²) in [6, 6.07) is 0. The van der Waals surface area contributed by atoms with Gasteiger partial charge in [0, 0.05) is 23.9 Å². The van der Waals surface area contributed by atoms with Crippen LogP contribution in [0, 0.1) is 0 Å². The van der Waals surface area contributed by atoms with Crippen molar-refractivity contribution in [1.82, 2.24) is 10.1 Å². The Morgan fingerprint density at radius 1 is 1.24 bits per heavy atom. The molecule has 0 radical (unpaired) electrons. The van der Waals surface area contributed by atoms with Crippen LogP contribution < -0.4 is 5.73 Å². The van der Waals surface area contributed by atoms with Crippen molar-refractivity contribution in [3.63, 3.8) is 0 Å². The van der Waals surface area contributed by atoms with E-state index in [2.05, 4.69) is 10.1 Å². The molecule has 0 saturated carbocycles. The molecule has 0 atom stereocenters. The van der Waals surface area contributed by atoms with E-state index in [0.717, 1.165) is 0 Å². The van der Waals surface area contributed by atoms with Gasteiger partial charge in [-0.05, 0) is 0 Å². The van der Waals surface area contributed by atoms with Crippen LogP contribution >= 0.6 is 23.2 Å². The predicted octanol–water partition coefficient (Wildman–Crippen LogP) is 3.75. The van der Waals surface area contributed by atoms with Gasteiger partial charge >= 0.3 is 0 Å². The van der Waals surface area contributed by atoms with Crippen LogP contribution in [0.2, 0.25) is 10.0 Å². The van der Waals surface area contributed by atoms with Gasteiger partial charge in [-0.25, -0.2) is 0 Å². The number of pyridine rings is 1. The molecule has 90 valence electrons. The number of nitrogen functional groups attached to an aromatic ring is 1. The first-order valence-corrected chi connectivity index (χ1v) is 5.82. The molecule has 0 aliphatic heterocycles. The highest BCUT2D eigenvalue weighted by Crippen LogP contribution is 2.38. The van der Waals surface area contributed by atoms with E-state index < -0.39 is 0 Å². The minimum atomic E-state index is 0.149. The van der Waals surface area contributed by atoms with Gasteiger partial charge in [0.2, 0.25) is 0 Å². The van der Waals surface area contributed by atoms with Gasteiger partial charge in [0.05, 0.1) is 10.0 Å². The summed E-state index contributed by atoms with van der Waals surface area (Å²) >= 11 is 12.1. The lowest BCUT2D eigenvalue weighted by atomic mass is 10.1. The zero-order valence-corrected chi connectivity index (χ0v) is 10.9. The van der Waals surface area contributed by atoms with Crippen molar-refractivity contribution < 1.29 is 4.52 Å². The number of aromatic nitrogens is 2. The van der Waals surface area contributed by atoms with E-state index in [9.17, 15) is 0 Å². The van der Waals surface area contributed by atoms with Crippen molar-refractivity contribution in [3.05, 3.63) is 28.2 Å². The minimum absolute atomic E-state index is 0.149. The van der Waals surface area contributed by atoms with E-state index in [1.54, 1.807) is 0 Å². The summed E-state index contributed by atoms with van der Waals surface area (Å²) in [6.07, 6.45) is 2.98. The Hall–Kier alpha value is -1.26. The molecule has 0 saturated heterocycles. The third kappa shape index (κ3) is 2.10. The standard InChI is InChI=1S/C11H11Cl2N3O/c1-5(2)11-9(14)10(16-17-11)8-6(12)3-15-4-7(8)13/h3-5H,14H2,1-2H3. The second-order valence-electron chi connectivity index (χ2n) is 3.94. The molecule has 2 heterocycles. The molecule has 2 aromatic rings. The van der Waals surface area contributed by atoms with E-state index in [0.29, 0.717) is 32.8 Å². The summed E-state index contributed by atoms with van der Waals surface area (Å²) in [7, 11) is 0. The first kappa shape index (κ1) is 12.2. The van der Waals surface area contributed by atoms with Gasteiger partial charge in [-0.1, -0.05) is 42.2 Å². The molecular formula is C11H11Cl2N3O. The molecule has 0 aliphatic carbocycles. The Morgan fingerprint density at radius 3 is 2.29 bits per heavy atom. The quantitative estimate of drug-likeness (QED) is 0.904. The number of nitrogens with zero attached hydrogens (tertiary/aromatic N) is 2. The second kappa shape index (κ2) is 4.55. The van der Waals surface area contributed by atoms with Crippen molar-refractivity contribution in [3.8, 4) is 11.3 Å². The van der Waals surface area contributed by atoms with E-state index in [-0.39, 0.29) is 5.92 Å². The summed E-state index contributed by atoms with van der Waals surface area (Å²) < 4.78 is 5.21. The molecule has 6 heteroatoms. The van der Waals surface area contributed by atoms with Gasteiger partial charge in [-0.15, -0.1) is 0 Å². The first-order chi connectivity index (χ1) is 8.02. The summed E-state index contributed by atoms with van der Waals surface area (Å²) in [5, 5.41) is 4.72. The normalized spacial score (nSPS) is 11.1. The lowest BCUT2D eigenvalue weighted by Gasteiger charge is -2.04. The Balaban J connectivity index is 2.62. The highest BCUT2D eigenvalue weighted by molar-refractivity contribution is 6.39. The molecule has 0 fully saturated rings. The number of halogens is 2. The summed E-state index contributed by atoms with van der Waals surface area (Å²) in [4.78, 5) is 3.88. The van der Waals surface area contributed by atoms with Crippen LogP contribution in [0.3, 0.4) is 0 Å². The summed E-state index contributed by atoms with van der Waals surface area (Å²) in [6.45, 7) is 3.94. The van der Waals surface area contributed by atoms with Crippen molar-refractivity contribution >= 4 is 28.9 Å². The van der Waals surface area contributed by atoms with Crippen LogP contribution in [-0.4, -0.2) is 10.1 Å². The Morgan fingerprint density at radius 2 is 1.82 bits per heavy atom. The van der Waals surface area contributed by atoms with Gasteiger partial charge in [0.25, 0.3) is 0 Å². The third-order valence-electron chi connectivity index (χ3n) is 2.37. The fourth-order valence-corrected chi connectivity index (χ4v) is 2.09. The molecule has 2 rings (SSSR count). The van der Waals surface area contributed by atoms with Gasteiger partial charge in [-0.3, -0.25) is 4.98 Å². The summed E-state index contributed by atoms with van der Waals surface area (Å²) in [5.74, 6) is 0.777. The second-order valence-corrected chi connectivity index (χ2v) is 4.76. The third-order valence-corrected chi connectivity index (χ3v) is 2.94. The fraction of sp³-hybridized carbons (Fsp3) is 0.273. The number of rotatable bonds is 2. The molecule has 0 bridgehead atoms. The number of hydrogen-bond acceptors (Lipinski definition) is 4. The monoisotopic (exact) mass is 271 g/mol. The van der Waals surface area contributed by atoms with Crippen molar-refractivity contribution in [2.75, 3.05) is 5.73 Å². The average Bonchev–Trinajstić information content (AvgIpc) is 2.61. The molecule has 17 heavy (non-hydrogen) atoms. The number of hydrogen-bond donors (Lipinski definition) is 1. The van der Waals surface area contributed by atoms with Gasteiger partial charge in [0.15, 0.2) is 5.76 Å². The van der Waals surface area contributed by atoms with Crippen LogP contribution in [0.1, 0.15) is 25.5 Å². The smallest absolute Gasteiger partial charge is 0.162 e. The Bertz CT molecular complexity index is 531. The molecule has 0 unspecified atom stereocenters. The lowest BCUT2D eigenvalue weighted by Crippen LogP contribution is -1.94. The van der Waals surface area contributed by atoms with Crippen molar-refractivity contribution in [2.24, 2.45) is 0 Å². The number of nitrogens with two attached hydrogens (primary N) is 1. The van der Waals surface area contributed by atoms with Gasteiger partial charge in [-0.2, -0.15) is 0 Å². The van der Waals surface area contributed by atoms with E-state index in [1.807, 2.05) is 13.8 Å².